The van der Waals surface area contributed by atoms with E-state index in [-0.39, 0.29) is 0 Å². The molecule has 1 atom stereocenters. The first kappa shape index (κ1) is 13.9. The molecular formula is C16H22N4O. The van der Waals surface area contributed by atoms with Crippen LogP contribution in [0.3, 0.4) is 0 Å². The maximum Gasteiger partial charge on any atom is 0.127 e. The van der Waals surface area contributed by atoms with Crippen LogP contribution in [0.25, 0.3) is 0 Å². The first-order chi connectivity index (χ1) is 10.2. The number of rotatable bonds is 3. The monoisotopic (exact) mass is 286 g/mol. The van der Waals surface area contributed by atoms with E-state index in [9.17, 15) is 0 Å². The summed E-state index contributed by atoms with van der Waals surface area (Å²) in [5.41, 5.74) is 7.20. The van der Waals surface area contributed by atoms with Gasteiger partial charge < -0.3 is 20.3 Å². The average molecular weight is 286 g/mol. The smallest absolute Gasteiger partial charge is 0.127 e. The van der Waals surface area contributed by atoms with Gasteiger partial charge in [0.1, 0.15) is 18.3 Å². The molecule has 1 aromatic carbocycles. The Hall–Kier alpha value is -2.01. The van der Waals surface area contributed by atoms with Crippen LogP contribution in [0.2, 0.25) is 0 Å². The number of nitrogens with zero attached hydrogens (tertiary/aromatic N) is 3. The Kier molecular flexibility index (Phi) is 4.10. The molecule has 2 heterocycles. The molecule has 2 aliphatic heterocycles. The molecule has 0 amide bonds. The zero-order valence-corrected chi connectivity index (χ0v) is 12.4. The molecule has 0 bridgehead atoms. The van der Waals surface area contributed by atoms with Gasteiger partial charge >= 0.3 is 0 Å². The van der Waals surface area contributed by atoms with Crippen molar-refractivity contribution in [1.82, 2.24) is 9.80 Å². The van der Waals surface area contributed by atoms with Crippen molar-refractivity contribution in [3.8, 4) is 5.75 Å². The maximum atomic E-state index is 5.94. The van der Waals surface area contributed by atoms with Gasteiger partial charge in [0.2, 0.25) is 0 Å². The lowest BCUT2D eigenvalue weighted by Crippen LogP contribution is -2.34. The second-order valence-electron chi connectivity index (χ2n) is 5.56. The lowest BCUT2D eigenvalue weighted by atomic mass is 10.2. The van der Waals surface area contributed by atoms with Crippen molar-refractivity contribution < 1.29 is 4.74 Å². The number of methoxy groups -OCH3 is 1. The number of nitrogens with two attached hydrogens (primary N) is 1. The van der Waals surface area contributed by atoms with Crippen molar-refractivity contribution in [2.75, 3.05) is 26.9 Å². The van der Waals surface area contributed by atoms with Crippen molar-refractivity contribution >= 4 is 5.84 Å². The average Bonchev–Trinajstić information content (AvgIpc) is 2.95. The second kappa shape index (κ2) is 6.18. The van der Waals surface area contributed by atoms with Gasteiger partial charge in [0.05, 0.1) is 7.11 Å². The van der Waals surface area contributed by atoms with E-state index < -0.39 is 0 Å². The summed E-state index contributed by atoms with van der Waals surface area (Å²) < 4.78 is 5.17. The Morgan fingerprint density at radius 2 is 2.14 bits per heavy atom. The Bertz CT molecular complexity index is 538. The molecule has 3 rings (SSSR count). The maximum absolute atomic E-state index is 5.94. The molecule has 21 heavy (non-hydrogen) atoms. The van der Waals surface area contributed by atoms with Crippen LogP contribution in [0.1, 0.15) is 12.0 Å². The van der Waals surface area contributed by atoms with Crippen LogP contribution in [0, 0.1) is 0 Å². The van der Waals surface area contributed by atoms with E-state index >= 15 is 0 Å². The highest BCUT2D eigenvalue weighted by Gasteiger charge is 2.22. The largest absolute Gasteiger partial charge is 0.497 e. The summed E-state index contributed by atoms with van der Waals surface area (Å²) in [4.78, 5) is 9.12. The van der Waals surface area contributed by atoms with Crippen molar-refractivity contribution in [2.24, 2.45) is 10.7 Å². The van der Waals surface area contributed by atoms with Crippen molar-refractivity contribution in [3.63, 3.8) is 0 Å². The summed E-state index contributed by atoms with van der Waals surface area (Å²) in [5, 5.41) is 0. The number of amidine groups is 1. The van der Waals surface area contributed by atoms with E-state index in [0.717, 1.165) is 37.6 Å². The van der Waals surface area contributed by atoms with Gasteiger partial charge in [-0.05, 0) is 30.2 Å². The molecule has 1 fully saturated rings. The topological polar surface area (TPSA) is 54.1 Å². The first-order valence-corrected chi connectivity index (χ1v) is 7.35. The van der Waals surface area contributed by atoms with Crippen LogP contribution in [0.4, 0.5) is 0 Å². The fraction of sp³-hybridized carbons (Fsp3) is 0.438. The number of ether oxygens (including phenoxy) is 1. The summed E-state index contributed by atoms with van der Waals surface area (Å²) >= 11 is 0. The number of benzene rings is 1. The lowest BCUT2D eigenvalue weighted by Gasteiger charge is -2.26. The summed E-state index contributed by atoms with van der Waals surface area (Å²) in [6.45, 7) is 3.49. The van der Waals surface area contributed by atoms with Crippen LogP contribution in [0.5, 0.6) is 5.75 Å². The molecule has 0 saturated carbocycles. The third-order valence-corrected chi connectivity index (χ3v) is 3.94. The normalized spacial score (nSPS) is 21.6. The molecule has 0 unspecified atom stereocenters. The lowest BCUT2D eigenvalue weighted by molar-refractivity contribution is 0.370. The fourth-order valence-corrected chi connectivity index (χ4v) is 2.70. The Morgan fingerprint density at radius 1 is 1.33 bits per heavy atom. The van der Waals surface area contributed by atoms with Crippen LogP contribution in [0.15, 0.2) is 41.5 Å². The number of hydrogen-bond acceptors (Lipinski definition) is 5. The van der Waals surface area contributed by atoms with E-state index in [4.69, 9.17) is 10.5 Å². The molecule has 112 valence electrons. The fourth-order valence-electron chi connectivity index (χ4n) is 2.70. The van der Waals surface area contributed by atoms with Gasteiger partial charge in [0, 0.05) is 31.9 Å². The minimum absolute atomic E-state index is 0.290. The minimum atomic E-state index is 0.290. The van der Waals surface area contributed by atoms with Crippen molar-refractivity contribution in [1.29, 1.82) is 0 Å². The SMILES string of the molecule is COc1ccc(CN2C=CC(N3CC[C@@H](N)C3)=NC2)cc1. The van der Waals surface area contributed by atoms with Crippen LogP contribution in [-0.2, 0) is 6.54 Å². The molecular weight excluding hydrogens is 264 g/mol. The highest BCUT2D eigenvalue weighted by molar-refractivity contribution is 5.93. The van der Waals surface area contributed by atoms with E-state index in [1.165, 1.54) is 5.56 Å². The number of hydrogen-bond donors (Lipinski definition) is 1. The quantitative estimate of drug-likeness (QED) is 0.913. The molecule has 2 N–H and O–H groups in total. The zero-order valence-electron chi connectivity index (χ0n) is 12.4. The standard InChI is InChI=1S/C16H22N4O/c1-21-15-4-2-13(3-5-15)10-19-8-7-16(18-12-19)20-9-6-14(17)11-20/h2-5,7-8,14H,6,9-12,17H2,1H3/t14-/m1/s1. The molecule has 0 spiro atoms. The summed E-state index contributed by atoms with van der Waals surface area (Å²) in [6, 6.07) is 8.45. The molecule has 2 aliphatic rings. The van der Waals surface area contributed by atoms with E-state index in [1.807, 2.05) is 12.1 Å². The van der Waals surface area contributed by atoms with Gasteiger partial charge in [0.15, 0.2) is 0 Å². The summed E-state index contributed by atoms with van der Waals surface area (Å²) in [6.07, 6.45) is 5.27. The van der Waals surface area contributed by atoms with Gasteiger partial charge in [-0.1, -0.05) is 12.1 Å². The Balaban J connectivity index is 1.55. The molecule has 1 saturated heterocycles. The van der Waals surface area contributed by atoms with Crippen LogP contribution >= 0.6 is 0 Å². The molecule has 0 aromatic heterocycles. The first-order valence-electron chi connectivity index (χ1n) is 7.35. The molecule has 5 heteroatoms. The van der Waals surface area contributed by atoms with Crippen molar-refractivity contribution in [2.45, 2.75) is 19.0 Å². The van der Waals surface area contributed by atoms with Gasteiger partial charge in [0.25, 0.3) is 0 Å². The highest BCUT2D eigenvalue weighted by atomic mass is 16.5. The van der Waals surface area contributed by atoms with Gasteiger partial charge in [-0.3, -0.25) is 0 Å². The Labute approximate surface area is 125 Å². The predicted octanol–water partition coefficient (Wildman–Crippen LogP) is 1.41. The van der Waals surface area contributed by atoms with E-state index in [2.05, 4.69) is 39.2 Å². The summed E-state index contributed by atoms with van der Waals surface area (Å²) in [5.74, 6) is 1.95. The third kappa shape index (κ3) is 3.36. The second-order valence-corrected chi connectivity index (χ2v) is 5.56. The zero-order chi connectivity index (χ0) is 14.7. The number of likely N-dealkylation sites (tertiary alicyclic amines) is 1. The summed E-state index contributed by atoms with van der Waals surface area (Å²) in [7, 11) is 1.68. The highest BCUT2D eigenvalue weighted by Crippen LogP contribution is 2.15. The molecule has 5 nitrogen and oxygen atoms in total. The van der Waals surface area contributed by atoms with Crippen LogP contribution in [-0.4, -0.2) is 48.5 Å². The predicted molar refractivity (Wildman–Crippen MR) is 84.1 cm³/mol. The van der Waals surface area contributed by atoms with Gasteiger partial charge in [-0.15, -0.1) is 0 Å². The third-order valence-electron chi connectivity index (χ3n) is 3.94. The minimum Gasteiger partial charge on any atom is -0.497 e. The van der Waals surface area contributed by atoms with E-state index in [1.54, 1.807) is 7.11 Å². The van der Waals surface area contributed by atoms with Gasteiger partial charge in [-0.2, -0.15) is 0 Å². The molecule has 0 radical (unpaired) electrons. The van der Waals surface area contributed by atoms with Gasteiger partial charge in [-0.25, -0.2) is 4.99 Å². The van der Waals surface area contributed by atoms with E-state index in [0.29, 0.717) is 12.7 Å². The molecule has 1 aromatic rings. The Morgan fingerprint density at radius 3 is 2.71 bits per heavy atom. The number of aliphatic imine (C=N–C) groups is 1. The molecule has 0 aliphatic carbocycles. The van der Waals surface area contributed by atoms with Crippen LogP contribution < -0.4 is 10.5 Å². The van der Waals surface area contributed by atoms with Crippen molar-refractivity contribution in [3.05, 3.63) is 42.1 Å².